The number of rotatable bonds is 3. The van der Waals surface area contributed by atoms with Gasteiger partial charge in [0.15, 0.2) is 9.84 Å². The molecule has 1 aliphatic heterocycles. The number of nitrogens with zero attached hydrogens (tertiary/aromatic N) is 1. The second-order valence-electron chi connectivity index (χ2n) is 6.04. The summed E-state index contributed by atoms with van der Waals surface area (Å²) >= 11 is 0. The van der Waals surface area contributed by atoms with Crippen molar-refractivity contribution < 1.29 is 13.2 Å². The van der Waals surface area contributed by atoms with E-state index in [1.165, 1.54) is 11.6 Å². The van der Waals surface area contributed by atoms with Crippen LogP contribution in [0.1, 0.15) is 17.9 Å². The molecule has 2 amide bonds. The average molecular weight is 344 g/mol. The van der Waals surface area contributed by atoms with Crippen molar-refractivity contribution in [2.75, 3.05) is 24.7 Å². The Morgan fingerprint density at radius 2 is 1.75 bits per heavy atom. The molecule has 1 fully saturated rings. The van der Waals surface area contributed by atoms with Crippen LogP contribution in [-0.4, -0.2) is 38.7 Å². The van der Waals surface area contributed by atoms with Gasteiger partial charge in [0.1, 0.15) is 0 Å². The number of sulfone groups is 1. The maximum atomic E-state index is 12.5. The zero-order valence-electron chi connectivity index (χ0n) is 13.5. The van der Waals surface area contributed by atoms with E-state index in [9.17, 15) is 13.2 Å². The van der Waals surface area contributed by atoms with Gasteiger partial charge < -0.3 is 10.2 Å². The van der Waals surface area contributed by atoms with Gasteiger partial charge in [-0.1, -0.05) is 42.5 Å². The Bertz CT molecular complexity index is 834. The highest BCUT2D eigenvalue weighted by atomic mass is 32.2. The maximum absolute atomic E-state index is 12.5. The molecule has 1 saturated heterocycles. The lowest BCUT2D eigenvalue weighted by atomic mass is 9.99. The van der Waals surface area contributed by atoms with Gasteiger partial charge in [-0.15, -0.1) is 0 Å². The fourth-order valence-corrected chi connectivity index (χ4v) is 3.87. The minimum absolute atomic E-state index is 0.136. The Morgan fingerprint density at radius 3 is 2.46 bits per heavy atom. The molecule has 0 saturated carbocycles. The van der Waals surface area contributed by atoms with E-state index in [4.69, 9.17) is 0 Å². The lowest BCUT2D eigenvalue weighted by Crippen LogP contribution is -2.33. The van der Waals surface area contributed by atoms with Crippen molar-refractivity contribution in [2.24, 2.45) is 0 Å². The molecule has 0 aliphatic carbocycles. The van der Waals surface area contributed by atoms with Crippen LogP contribution in [0.5, 0.6) is 0 Å². The van der Waals surface area contributed by atoms with Crippen LogP contribution in [0.15, 0.2) is 59.5 Å². The van der Waals surface area contributed by atoms with Crippen LogP contribution in [0.3, 0.4) is 0 Å². The Hall–Kier alpha value is -2.34. The molecule has 1 atom stereocenters. The summed E-state index contributed by atoms with van der Waals surface area (Å²) in [4.78, 5) is 14.4. The second-order valence-corrected chi connectivity index (χ2v) is 8.02. The van der Waals surface area contributed by atoms with E-state index in [0.717, 1.165) is 12.7 Å². The van der Waals surface area contributed by atoms with E-state index < -0.39 is 9.84 Å². The molecule has 1 aliphatic rings. The Labute approximate surface area is 142 Å². The van der Waals surface area contributed by atoms with E-state index >= 15 is 0 Å². The molecule has 24 heavy (non-hydrogen) atoms. The number of amides is 2. The number of carbonyl (C=O) groups excluding carboxylic acids is 1. The molecule has 2 aromatic carbocycles. The van der Waals surface area contributed by atoms with Gasteiger partial charge in [0.2, 0.25) is 0 Å². The zero-order valence-corrected chi connectivity index (χ0v) is 14.3. The minimum atomic E-state index is -3.39. The summed E-state index contributed by atoms with van der Waals surface area (Å²) in [5.74, 6) is 0.321. The SMILES string of the molecule is CS(=O)(=O)c1ccccc1NC(=O)N1CCC(c2ccccc2)C1. The van der Waals surface area contributed by atoms with Crippen molar-refractivity contribution in [1.29, 1.82) is 0 Å². The molecule has 1 N–H and O–H groups in total. The molecule has 0 spiro atoms. The molecule has 0 radical (unpaired) electrons. The third kappa shape index (κ3) is 3.59. The van der Waals surface area contributed by atoms with Gasteiger partial charge in [-0.05, 0) is 24.1 Å². The number of urea groups is 1. The van der Waals surface area contributed by atoms with Crippen molar-refractivity contribution in [3.05, 3.63) is 60.2 Å². The summed E-state index contributed by atoms with van der Waals surface area (Å²) in [6, 6.07) is 16.3. The second kappa shape index (κ2) is 6.65. The number of likely N-dealkylation sites (tertiary alicyclic amines) is 1. The highest BCUT2D eigenvalue weighted by Gasteiger charge is 2.28. The largest absolute Gasteiger partial charge is 0.324 e. The standard InChI is InChI=1S/C18H20N2O3S/c1-24(22,23)17-10-6-5-9-16(17)19-18(21)20-12-11-15(13-20)14-7-3-2-4-8-14/h2-10,15H,11-13H2,1H3,(H,19,21). The predicted molar refractivity (Wildman–Crippen MR) is 93.9 cm³/mol. The molecular weight excluding hydrogens is 324 g/mol. The molecular formula is C18H20N2O3S. The van der Waals surface area contributed by atoms with Crippen LogP contribution in [0.4, 0.5) is 10.5 Å². The van der Waals surface area contributed by atoms with Crippen LogP contribution >= 0.6 is 0 Å². The Morgan fingerprint density at radius 1 is 1.08 bits per heavy atom. The molecule has 0 aromatic heterocycles. The number of benzene rings is 2. The zero-order chi connectivity index (χ0) is 17.2. The van der Waals surface area contributed by atoms with Crippen LogP contribution in [0, 0.1) is 0 Å². The van der Waals surface area contributed by atoms with E-state index in [2.05, 4.69) is 17.4 Å². The smallest absolute Gasteiger partial charge is 0.321 e. The van der Waals surface area contributed by atoms with Gasteiger partial charge >= 0.3 is 6.03 Å². The van der Waals surface area contributed by atoms with Gasteiger partial charge in [0.05, 0.1) is 10.6 Å². The summed E-state index contributed by atoms with van der Waals surface area (Å²) in [6.07, 6.45) is 2.05. The van der Waals surface area contributed by atoms with Crippen molar-refractivity contribution in [3.63, 3.8) is 0 Å². The predicted octanol–water partition coefficient (Wildman–Crippen LogP) is 3.11. The van der Waals surface area contributed by atoms with E-state index in [0.29, 0.717) is 24.7 Å². The first-order valence-electron chi connectivity index (χ1n) is 7.85. The van der Waals surface area contributed by atoms with E-state index in [1.54, 1.807) is 23.1 Å². The summed E-state index contributed by atoms with van der Waals surface area (Å²) in [5.41, 5.74) is 1.55. The fraction of sp³-hybridized carbons (Fsp3) is 0.278. The summed E-state index contributed by atoms with van der Waals surface area (Å²) < 4.78 is 23.7. The summed E-state index contributed by atoms with van der Waals surface area (Å²) in [5, 5.41) is 2.74. The first-order valence-corrected chi connectivity index (χ1v) is 9.74. The number of nitrogens with one attached hydrogen (secondary N) is 1. The van der Waals surface area contributed by atoms with Crippen molar-refractivity contribution in [2.45, 2.75) is 17.2 Å². The van der Waals surface area contributed by atoms with Gasteiger partial charge in [0, 0.05) is 25.3 Å². The molecule has 5 nitrogen and oxygen atoms in total. The quantitative estimate of drug-likeness (QED) is 0.930. The first-order chi connectivity index (χ1) is 11.4. The number of carbonyl (C=O) groups is 1. The highest BCUT2D eigenvalue weighted by Crippen LogP contribution is 2.28. The average Bonchev–Trinajstić information content (AvgIpc) is 3.05. The third-order valence-electron chi connectivity index (χ3n) is 4.27. The minimum Gasteiger partial charge on any atom is -0.324 e. The molecule has 0 bridgehead atoms. The van der Waals surface area contributed by atoms with Gasteiger partial charge in [0.25, 0.3) is 0 Å². The lowest BCUT2D eigenvalue weighted by molar-refractivity contribution is 0.222. The lowest BCUT2D eigenvalue weighted by Gasteiger charge is -2.18. The van der Waals surface area contributed by atoms with Crippen molar-refractivity contribution >= 4 is 21.6 Å². The fourth-order valence-electron chi connectivity index (χ4n) is 3.03. The van der Waals surface area contributed by atoms with Crippen LogP contribution < -0.4 is 5.32 Å². The normalized spacial score (nSPS) is 17.7. The van der Waals surface area contributed by atoms with E-state index in [-0.39, 0.29) is 10.9 Å². The Balaban J connectivity index is 1.71. The summed E-state index contributed by atoms with van der Waals surface area (Å²) in [6.45, 7) is 1.29. The van der Waals surface area contributed by atoms with Gasteiger partial charge in [-0.3, -0.25) is 0 Å². The number of para-hydroxylation sites is 1. The highest BCUT2D eigenvalue weighted by molar-refractivity contribution is 7.90. The van der Waals surface area contributed by atoms with Crippen LogP contribution in [0.25, 0.3) is 0 Å². The van der Waals surface area contributed by atoms with Crippen LogP contribution in [-0.2, 0) is 9.84 Å². The first kappa shape index (κ1) is 16.5. The van der Waals surface area contributed by atoms with Crippen molar-refractivity contribution in [3.8, 4) is 0 Å². The van der Waals surface area contributed by atoms with Gasteiger partial charge in [-0.25, -0.2) is 13.2 Å². The molecule has 6 heteroatoms. The Kier molecular flexibility index (Phi) is 4.57. The number of hydrogen-bond acceptors (Lipinski definition) is 3. The van der Waals surface area contributed by atoms with E-state index in [1.807, 2.05) is 18.2 Å². The monoisotopic (exact) mass is 344 g/mol. The van der Waals surface area contributed by atoms with Crippen LogP contribution in [0.2, 0.25) is 0 Å². The molecule has 2 aromatic rings. The molecule has 126 valence electrons. The molecule has 1 unspecified atom stereocenters. The number of anilines is 1. The number of hydrogen-bond donors (Lipinski definition) is 1. The molecule has 3 rings (SSSR count). The van der Waals surface area contributed by atoms with Gasteiger partial charge in [-0.2, -0.15) is 0 Å². The molecule has 1 heterocycles. The van der Waals surface area contributed by atoms with Crippen molar-refractivity contribution in [1.82, 2.24) is 4.90 Å². The third-order valence-corrected chi connectivity index (χ3v) is 5.43. The maximum Gasteiger partial charge on any atom is 0.321 e. The topological polar surface area (TPSA) is 66.5 Å². The summed E-state index contributed by atoms with van der Waals surface area (Å²) in [7, 11) is -3.39.